The standard InChI is InChI=1S/C17H25NO2/c1-13(2)15-3-5-16(6-4-15)17(20)18-10-7-14(8-11-18)9-12-19/h3-6,13-14,19H,7-12H2,1-2H3. The van der Waals surface area contributed by atoms with Crippen molar-refractivity contribution < 1.29 is 9.90 Å². The molecule has 0 aliphatic carbocycles. The predicted octanol–water partition coefficient (Wildman–Crippen LogP) is 3.04. The second kappa shape index (κ2) is 6.89. The van der Waals surface area contributed by atoms with Crippen molar-refractivity contribution >= 4 is 5.91 Å². The van der Waals surface area contributed by atoms with Crippen LogP contribution in [0.1, 0.15) is 54.9 Å². The molecule has 1 aromatic rings. The van der Waals surface area contributed by atoms with Gasteiger partial charge in [-0.1, -0.05) is 26.0 Å². The van der Waals surface area contributed by atoms with Crippen LogP contribution in [0.3, 0.4) is 0 Å². The quantitative estimate of drug-likeness (QED) is 0.917. The third-order valence-electron chi connectivity index (χ3n) is 4.26. The average molecular weight is 275 g/mol. The van der Waals surface area contributed by atoms with Gasteiger partial charge >= 0.3 is 0 Å². The van der Waals surface area contributed by atoms with E-state index in [2.05, 4.69) is 26.0 Å². The first kappa shape index (κ1) is 15.0. The summed E-state index contributed by atoms with van der Waals surface area (Å²) >= 11 is 0. The molecule has 0 radical (unpaired) electrons. The highest BCUT2D eigenvalue weighted by Gasteiger charge is 2.23. The van der Waals surface area contributed by atoms with Crippen LogP contribution in [0.4, 0.5) is 0 Å². The van der Waals surface area contributed by atoms with Crippen LogP contribution < -0.4 is 0 Å². The largest absolute Gasteiger partial charge is 0.396 e. The molecule has 0 bridgehead atoms. The fourth-order valence-electron chi connectivity index (χ4n) is 2.80. The molecule has 1 fully saturated rings. The number of aliphatic hydroxyl groups is 1. The zero-order chi connectivity index (χ0) is 14.5. The summed E-state index contributed by atoms with van der Waals surface area (Å²) in [4.78, 5) is 14.4. The topological polar surface area (TPSA) is 40.5 Å². The van der Waals surface area contributed by atoms with E-state index in [0.29, 0.717) is 11.8 Å². The van der Waals surface area contributed by atoms with Crippen LogP contribution in [0.15, 0.2) is 24.3 Å². The van der Waals surface area contributed by atoms with Crippen molar-refractivity contribution in [2.75, 3.05) is 19.7 Å². The monoisotopic (exact) mass is 275 g/mol. The molecule has 1 aromatic carbocycles. The Morgan fingerprint density at radius 1 is 1.25 bits per heavy atom. The zero-order valence-corrected chi connectivity index (χ0v) is 12.5. The first-order valence-electron chi connectivity index (χ1n) is 7.62. The molecule has 0 spiro atoms. The summed E-state index contributed by atoms with van der Waals surface area (Å²) in [5, 5.41) is 8.96. The highest BCUT2D eigenvalue weighted by Crippen LogP contribution is 2.22. The van der Waals surface area contributed by atoms with E-state index in [9.17, 15) is 4.79 Å². The lowest BCUT2D eigenvalue weighted by Gasteiger charge is -2.31. The fourth-order valence-corrected chi connectivity index (χ4v) is 2.80. The third kappa shape index (κ3) is 3.60. The Labute approximate surface area is 121 Å². The molecule has 110 valence electrons. The third-order valence-corrected chi connectivity index (χ3v) is 4.26. The number of rotatable bonds is 4. The van der Waals surface area contributed by atoms with Crippen LogP contribution in [0.25, 0.3) is 0 Å². The van der Waals surface area contributed by atoms with Crippen LogP contribution in [-0.2, 0) is 0 Å². The number of carbonyl (C=O) groups is 1. The molecule has 20 heavy (non-hydrogen) atoms. The minimum absolute atomic E-state index is 0.141. The van der Waals surface area contributed by atoms with Crippen molar-refractivity contribution in [2.45, 2.75) is 39.0 Å². The summed E-state index contributed by atoms with van der Waals surface area (Å²) in [5.41, 5.74) is 2.05. The molecule has 1 heterocycles. The molecule has 3 heteroatoms. The van der Waals surface area contributed by atoms with Gasteiger partial charge in [-0.05, 0) is 48.8 Å². The van der Waals surface area contributed by atoms with Crippen molar-refractivity contribution in [3.05, 3.63) is 35.4 Å². The minimum Gasteiger partial charge on any atom is -0.396 e. The molecular formula is C17H25NO2. The van der Waals surface area contributed by atoms with Crippen LogP contribution in [0.2, 0.25) is 0 Å². The number of aliphatic hydroxyl groups excluding tert-OH is 1. The van der Waals surface area contributed by atoms with E-state index < -0.39 is 0 Å². The van der Waals surface area contributed by atoms with Gasteiger partial charge in [0, 0.05) is 25.3 Å². The maximum Gasteiger partial charge on any atom is 0.253 e. The summed E-state index contributed by atoms with van der Waals surface area (Å²) in [6.45, 7) is 6.20. The summed E-state index contributed by atoms with van der Waals surface area (Å²) in [6.07, 6.45) is 2.89. The van der Waals surface area contributed by atoms with Gasteiger partial charge in [0.25, 0.3) is 5.91 Å². The van der Waals surface area contributed by atoms with E-state index >= 15 is 0 Å². The Kier molecular flexibility index (Phi) is 5.18. The highest BCUT2D eigenvalue weighted by atomic mass is 16.3. The van der Waals surface area contributed by atoms with Crippen molar-refractivity contribution in [1.29, 1.82) is 0 Å². The average Bonchev–Trinajstić information content (AvgIpc) is 2.48. The number of likely N-dealkylation sites (tertiary alicyclic amines) is 1. The first-order chi connectivity index (χ1) is 9.61. The molecule has 1 N–H and O–H groups in total. The molecule has 1 aliphatic rings. The molecule has 0 aromatic heterocycles. The molecule has 1 amide bonds. The van der Waals surface area contributed by atoms with Gasteiger partial charge in [-0.25, -0.2) is 0 Å². The number of carbonyl (C=O) groups excluding carboxylic acids is 1. The number of hydrogen-bond acceptors (Lipinski definition) is 2. The van der Waals surface area contributed by atoms with Gasteiger partial charge in [0.2, 0.25) is 0 Å². The number of amides is 1. The Bertz CT molecular complexity index is 431. The highest BCUT2D eigenvalue weighted by molar-refractivity contribution is 5.94. The van der Waals surface area contributed by atoms with Crippen LogP contribution >= 0.6 is 0 Å². The van der Waals surface area contributed by atoms with Crippen molar-refractivity contribution in [1.82, 2.24) is 4.90 Å². The second-order valence-electron chi connectivity index (χ2n) is 6.02. The van der Waals surface area contributed by atoms with Crippen LogP contribution in [0, 0.1) is 5.92 Å². The Balaban J connectivity index is 1.95. The molecule has 0 atom stereocenters. The SMILES string of the molecule is CC(C)c1ccc(C(=O)N2CCC(CCO)CC2)cc1. The molecule has 0 unspecified atom stereocenters. The van der Waals surface area contributed by atoms with Crippen molar-refractivity contribution in [3.63, 3.8) is 0 Å². The van der Waals surface area contributed by atoms with Gasteiger partial charge in [-0.15, -0.1) is 0 Å². The summed E-state index contributed by atoms with van der Waals surface area (Å²) in [6, 6.07) is 7.99. The molecule has 1 saturated heterocycles. The van der Waals surface area contributed by atoms with Crippen molar-refractivity contribution in [2.24, 2.45) is 5.92 Å². The molecule has 2 rings (SSSR count). The van der Waals surface area contributed by atoms with E-state index in [0.717, 1.165) is 37.9 Å². The lowest BCUT2D eigenvalue weighted by atomic mass is 9.93. The summed E-state index contributed by atoms with van der Waals surface area (Å²) in [7, 11) is 0. The maximum absolute atomic E-state index is 12.4. The molecule has 0 saturated carbocycles. The van der Waals surface area contributed by atoms with Gasteiger partial charge < -0.3 is 10.0 Å². The van der Waals surface area contributed by atoms with Gasteiger partial charge in [-0.2, -0.15) is 0 Å². The van der Waals surface area contributed by atoms with Gasteiger partial charge in [-0.3, -0.25) is 4.79 Å². The second-order valence-corrected chi connectivity index (χ2v) is 6.02. The van der Waals surface area contributed by atoms with Gasteiger partial charge in [0.05, 0.1) is 0 Å². The molecule has 1 aliphatic heterocycles. The summed E-state index contributed by atoms with van der Waals surface area (Å²) in [5.74, 6) is 1.21. The summed E-state index contributed by atoms with van der Waals surface area (Å²) < 4.78 is 0. The number of benzene rings is 1. The van der Waals surface area contributed by atoms with Crippen LogP contribution in [0.5, 0.6) is 0 Å². The molecule has 3 nitrogen and oxygen atoms in total. The number of piperidine rings is 1. The lowest BCUT2D eigenvalue weighted by molar-refractivity contribution is 0.0678. The number of nitrogens with zero attached hydrogens (tertiary/aromatic N) is 1. The Morgan fingerprint density at radius 3 is 2.35 bits per heavy atom. The van der Waals surface area contributed by atoms with E-state index in [1.807, 2.05) is 17.0 Å². The normalized spacial score (nSPS) is 16.7. The van der Waals surface area contributed by atoms with Crippen LogP contribution in [-0.4, -0.2) is 35.6 Å². The Morgan fingerprint density at radius 2 is 1.85 bits per heavy atom. The lowest BCUT2D eigenvalue weighted by Crippen LogP contribution is -2.38. The zero-order valence-electron chi connectivity index (χ0n) is 12.5. The van der Waals surface area contributed by atoms with Crippen molar-refractivity contribution in [3.8, 4) is 0 Å². The number of hydrogen-bond donors (Lipinski definition) is 1. The minimum atomic E-state index is 0.141. The predicted molar refractivity (Wildman–Crippen MR) is 80.9 cm³/mol. The van der Waals surface area contributed by atoms with Gasteiger partial charge in [0.1, 0.15) is 0 Å². The van der Waals surface area contributed by atoms with Gasteiger partial charge in [0.15, 0.2) is 0 Å². The molecular weight excluding hydrogens is 250 g/mol. The first-order valence-corrected chi connectivity index (χ1v) is 7.62. The Hall–Kier alpha value is -1.35. The maximum atomic E-state index is 12.4. The van der Waals surface area contributed by atoms with E-state index in [-0.39, 0.29) is 12.5 Å². The smallest absolute Gasteiger partial charge is 0.253 e. The van der Waals surface area contributed by atoms with E-state index in [1.165, 1.54) is 5.56 Å². The van der Waals surface area contributed by atoms with E-state index in [4.69, 9.17) is 5.11 Å². The fraction of sp³-hybridized carbons (Fsp3) is 0.588. The van der Waals surface area contributed by atoms with E-state index in [1.54, 1.807) is 0 Å².